The van der Waals surface area contributed by atoms with Gasteiger partial charge in [0.05, 0.1) is 0 Å². The number of carbonyl (C=O) groups is 1. The summed E-state index contributed by atoms with van der Waals surface area (Å²) in [7, 11) is 1.58. The number of carbonyl (C=O) groups excluding carboxylic acids is 1. The average Bonchev–Trinajstić information content (AvgIpc) is 2.54. The first-order chi connectivity index (χ1) is 10.7. The van der Waals surface area contributed by atoms with E-state index in [0.717, 1.165) is 49.5 Å². The molecule has 1 aliphatic rings. The first-order valence-electron chi connectivity index (χ1n) is 7.52. The van der Waals surface area contributed by atoms with Crippen LogP contribution in [0.3, 0.4) is 0 Å². The van der Waals surface area contributed by atoms with Crippen molar-refractivity contribution < 1.29 is 9.53 Å². The van der Waals surface area contributed by atoms with Crippen LogP contribution in [0.25, 0.3) is 0 Å². The number of rotatable bonds is 3. The normalized spacial score (nSPS) is 15.7. The fourth-order valence-electron chi connectivity index (χ4n) is 2.37. The summed E-state index contributed by atoms with van der Waals surface area (Å²) in [5, 5.41) is 3.21. The molecule has 0 atom stereocenters. The summed E-state index contributed by atoms with van der Waals surface area (Å²) in [4.78, 5) is 13.5. The zero-order valence-electron chi connectivity index (χ0n) is 12.8. The monoisotopic (exact) mass is 320 g/mol. The smallest absolute Gasteiger partial charge is 0.407 e. The van der Waals surface area contributed by atoms with Crippen molar-refractivity contribution in [2.45, 2.75) is 25.4 Å². The SMILES string of the molecule is CNC(=O)OC1CCN(CCC#Cc2ccc(Cl)cc2)CC1. The Morgan fingerprint density at radius 2 is 2.05 bits per heavy atom. The molecule has 0 saturated carbocycles. The van der Waals surface area contributed by atoms with Gasteiger partial charge in [-0.05, 0) is 37.1 Å². The van der Waals surface area contributed by atoms with E-state index in [9.17, 15) is 4.79 Å². The highest BCUT2D eigenvalue weighted by atomic mass is 35.5. The summed E-state index contributed by atoms with van der Waals surface area (Å²) in [5.41, 5.74) is 0.988. The lowest BCUT2D eigenvalue weighted by Crippen LogP contribution is -2.39. The van der Waals surface area contributed by atoms with Crippen molar-refractivity contribution in [3.63, 3.8) is 0 Å². The van der Waals surface area contributed by atoms with Crippen LogP contribution < -0.4 is 5.32 Å². The van der Waals surface area contributed by atoms with Gasteiger partial charge in [0.15, 0.2) is 0 Å². The predicted octanol–water partition coefficient (Wildman–Crippen LogP) is 2.90. The Balaban J connectivity index is 1.67. The van der Waals surface area contributed by atoms with Crippen LogP contribution in [-0.2, 0) is 4.74 Å². The van der Waals surface area contributed by atoms with Gasteiger partial charge in [-0.1, -0.05) is 23.4 Å². The van der Waals surface area contributed by atoms with Gasteiger partial charge in [-0.3, -0.25) is 0 Å². The Morgan fingerprint density at radius 3 is 2.68 bits per heavy atom. The van der Waals surface area contributed by atoms with E-state index in [1.807, 2.05) is 24.3 Å². The molecule has 1 aromatic rings. The van der Waals surface area contributed by atoms with Gasteiger partial charge in [0, 0.05) is 43.7 Å². The highest BCUT2D eigenvalue weighted by molar-refractivity contribution is 6.30. The molecule has 1 aliphatic heterocycles. The first kappa shape index (κ1) is 16.7. The number of hydrogen-bond acceptors (Lipinski definition) is 3. The summed E-state index contributed by atoms with van der Waals surface area (Å²) in [6, 6.07) is 7.56. The molecule has 118 valence electrons. The Morgan fingerprint density at radius 1 is 1.36 bits per heavy atom. The molecule has 0 spiro atoms. The summed E-state index contributed by atoms with van der Waals surface area (Å²) in [5.74, 6) is 6.33. The van der Waals surface area contributed by atoms with Gasteiger partial charge in [0.2, 0.25) is 0 Å². The number of halogens is 1. The second-order valence-corrected chi connectivity index (χ2v) is 5.69. The minimum atomic E-state index is -0.340. The molecule has 1 heterocycles. The largest absolute Gasteiger partial charge is 0.446 e. The fraction of sp³-hybridized carbons (Fsp3) is 0.471. The molecule has 1 amide bonds. The molecule has 0 unspecified atom stereocenters. The predicted molar refractivity (Wildman–Crippen MR) is 87.9 cm³/mol. The van der Waals surface area contributed by atoms with Gasteiger partial charge in [0.1, 0.15) is 6.10 Å². The molecule has 0 radical (unpaired) electrons. The molecule has 1 fully saturated rings. The first-order valence-corrected chi connectivity index (χ1v) is 7.90. The molecule has 0 bridgehead atoms. The standard InChI is InChI=1S/C17H21ClN2O2/c1-19-17(21)22-16-9-12-20(13-10-16)11-3-2-4-14-5-7-15(18)8-6-14/h5-8,16H,3,9-13H2,1H3,(H,19,21). The van der Waals surface area contributed by atoms with E-state index in [1.54, 1.807) is 7.05 Å². The number of benzene rings is 1. The van der Waals surface area contributed by atoms with Crippen LogP contribution in [0.4, 0.5) is 4.79 Å². The summed E-state index contributed by atoms with van der Waals surface area (Å²) >= 11 is 5.84. The Bertz CT molecular complexity index is 540. The third-order valence-corrected chi connectivity index (χ3v) is 3.89. The van der Waals surface area contributed by atoms with Gasteiger partial charge in [0.25, 0.3) is 0 Å². The average molecular weight is 321 g/mol. The number of hydrogen-bond donors (Lipinski definition) is 1. The van der Waals surface area contributed by atoms with Crippen molar-refractivity contribution in [2.75, 3.05) is 26.7 Å². The van der Waals surface area contributed by atoms with Crippen molar-refractivity contribution >= 4 is 17.7 Å². The lowest BCUT2D eigenvalue weighted by atomic mass is 10.1. The van der Waals surface area contributed by atoms with Crippen molar-refractivity contribution in [3.05, 3.63) is 34.9 Å². The maximum Gasteiger partial charge on any atom is 0.407 e. The molecule has 2 rings (SSSR count). The molecule has 0 aromatic heterocycles. The van der Waals surface area contributed by atoms with Crippen molar-refractivity contribution in [1.29, 1.82) is 0 Å². The number of ether oxygens (including phenoxy) is 1. The maximum atomic E-state index is 11.2. The van der Waals surface area contributed by atoms with E-state index in [2.05, 4.69) is 22.1 Å². The van der Waals surface area contributed by atoms with Crippen molar-refractivity contribution in [3.8, 4) is 11.8 Å². The number of piperidine rings is 1. The molecule has 5 heteroatoms. The molecule has 1 saturated heterocycles. The minimum absolute atomic E-state index is 0.0383. The third kappa shape index (κ3) is 5.59. The molecule has 0 aliphatic carbocycles. The molecule has 1 aromatic carbocycles. The van der Waals surface area contributed by atoms with Gasteiger partial charge in [-0.25, -0.2) is 4.79 Å². The fourth-order valence-corrected chi connectivity index (χ4v) is 2.50. The van der Waals surface area contributed by atoms with Crippen LogP contribution in [0.15, 0.2) is 24.3 Å². The number of amides is 1. The summed E-state index contributed by atoms with van der Waals surface area (Å²) in [6.45, 7) is 2.85. The van der Waals surface area contributed by atoms with E-state index in [4.69, 9.17) is 16.3 Å². The van der Waals surface area contributed by atoms with E-state index in [0.29, 0.717) is 0 Å². The van der Waals surface area contributed by atoms with Crippen molar-refractivity contribution in [2.24, 2.45) is 0 Å². The van der Waals surface area contributed by atoms with Gasteiger partial charge < -0.3 is 15.0 Å². The lowest BCUT2D eigenvalue weighted by molar-refractivity contribution is 0.0525. The summed E-state index contributed by atoms with van der Waals surface area (Å²) in [6.07, 6.45) is 2.31. The second-order valence-electron chi connectivity index (χ2n) is 5.25. The number of nitrogens with one attached hydrogen (secondary N) is 1. The Hall–Kier alpha value is -1.70. The third-order valence-electron chi connectivity index (χ3n) is 3.64. The van der Waals surface area contributed by atoms with Gasteiger partial charge >= 0.3 is 6.09 Å². The number of alkyl carbamates (subject to hydrolysis) is 1. The quantitative estimate of drug-likeness (QED) is 0.871. The topological polar surface area (TPSA) is 41.6 Å². The molecule has 4 nitrogen and oxygen atoms in total. The highest BCUT2D eigenvalue weighted by Crippen LogP contribution is 2.14. The summed E-state index contributed by atoms with van der Waals surface area (Å²) < 4.78 is 5.27. The zero-order valence-corrected chi connectivity index (χ0v) is 13.5. The van der Waals surface area contributed by atoms with Crippen LogP contribution in [-0.4, -0.2) is 43.8 Å². The van der Waals surface area contributed by atoms with E-state index in [-0.39, 0.29) is 12.2 Å². The second kappa shape index (κ2) is 8.67. The Labute approximate surface area is 136 Å². The van der Waals surface area contributed by atoms with Crippen LogP contribution in [0.2, 0.25) is 5.02 Å². The van der Waals surface area contributed by atoms with E-state index < -0.39 is 0 Å². The molecular formula is C17H21ClN2O2. The van der Waals surface area contributed by atoms with Crippen LogP contribution in [0.5, 0.6) is 0 Å². The van der Waals surface area contributed by atoms with Crippen LogP contribution in [0, 0.1) is 11.8 Å². The molecule has 22 heavy (non-hydrogen) atoms. The lowest BCUT2D eigenvalue weighted by Gasteiger charge is -2.30. The van der Waals surface area contributed by atoms with E-state index >= 15 is 0 Å². The van der Waals surface area contributed by atoms with Crippen LogP contribution in [0.1, 0.15) is 24.8 Å². The molecule has 1 N–H and O–H groups in total. The van der Waals surface area contributed by atoms with Gasteiger partial charge in [-0.15, -0.1) is 0 Å². The van der Waals surface area contributed by atoms with Crippen molar-refractivity contribution in [1.82, 2.24) is 10.2 Å². The molecular weight excluding hydrogens is 300 g/mol. The Kier molecular flexibility index (Phi) is 6.57. The van der Waals surface area contributed by atoms with E-state index in [1.165, 1.54) is 0 Å². The minimum Gasteiger partial charge on any atom is -0.446 e. The van der Waals surface area contributed by atoms with Gasteiger partial charge in [-0.2, -0.15) is 0 Å². The number of likely N-dealkylation sites (tertiary alicyclic amines) is 1. The zero-order chi connectivity index (χ0) is 15.8. The maximum absolute atomic E-state index is 11.2. The van der Waals surface area contributed by atoms with Crippen LogP contribution >= 0.6 is 11.6 Å². The highest BCUT2D eigenvalue weighted by Gasteiger charge is 2.21. The number of nitrogens with zero attached hydrogens (tertiary/aromatic N) is 1.